The zero-order valence-electron chi connectivity index (χ0n) is 16.8. The van der Waals surface area contributed by atoms with E-state index in [1.54, 1.807) is 11.3 Å². The van der Waals surface area contributed by atoms with Crippen molar-refractivity contribution in [1.29, 1.82) is 0 Å². The van der Waals surface area contributed by atoms with E-state index in [0.29, 0.717) is 6.54 Å². The van der Waals surface area contributed by atoms with Crippen LogP contribution in [0.2, 0.25) is 0 Å². The quantitative estimate of drug-likeness (QED) is 0.772. The lowest BCUT2D eigenvalue weighted by atomic mass is 9.96. The Hall–Kier alpha value is -1.67. The summed E-state index contributed by atoms with van der Waals surface area (Å²) in [6, 6.07) is 0.137. The molecule has 0 aromatic carbocycles. The van der Waals surface area contributed by atoms with Crippen molar-refractivity contribution in [2.45, 2.75) is 39.2 Å². The molecule has 3 fully saturated rings. The fraction of sp³-hybridized carbons (Fsp3) is 0.750. The molecule has 1 aromatic heterocycles. The van der Waals surface area contributed by atoms with Crippen molar-refractivity contribution in [1.82, 2.24) is 24.6 Å². The first-order valence-corrected chi connectivity index (χ1v) is 11.4. The van der Waals surface area contributed by atoms with E-state index < -0.39 is 0 Å². The molecule has 3 aliphatic heterocycles. The number of aryl methyl sites for hydroxylation is 1. The van der Waals surface area contributed by atoms with Gasteiger partial charge in [0.15, 0.2) is 0 Å². The van der Waals surface area contributed by atoms with Crippen LogP contribution in [0.3, 0.4) is 0 Å². The first kappa shape index (κ1) is 19.6. The fourth-order valence-corrected chi connectivity index (χ4v) is 5.16. The first-order chi connectivity index (χ1) is 13.6. The van der Waals surface area contributed by atoms with E-state index in [0.717, 1.165) is 88.7 Å². The SMILES string of the molecule is Cc1nc(CN2CCN(C(=O)[C@@H]3CCCN(C(=O)N4CCCC4)C3)CC2)cs1. The second-order valence-electron chi connectivity index (χ2n) is 8.22. The number of rotatable bonds is 3. The Morgan fingerprint density at radius 2 is 1.71 bits per heavy atom. The van der Waals surface area contributed by atoms with Crippen molar-refractivity contribution < 1.29 is 9.59 Å². The van der Waals surface area contributed by atoms with Crippen LogP contribution in [0, 0.1) is 12.8 Å². The average Bonchev–Trinajstić information content (AvgIpc) is 3.40. The van der Waals surface area contributed by atoms with Gasteiger partial charge in [-0.15, -0.1) is 11.3 Å². The number of amides is 3. The van der Waals surface area contributed by atoms with Crippen LogP contribution >= 0.6 is 11.3 Å². The van der Waals surface area contributed by atoms with Gasteiger partial charge in [-0.2, -0.15) is 0 Å². The number of likely N-dealkylation sites (tertiary alicyclic amines) is 2. The van der Waals surface area contributed by atoms with Crippen LogP contribution in [0.15, 0.2) is 5.38 Å². The lowest BCUT2D eigenvalue weighted by molar-refractivity contribution is -0.138. The van der Waals surface area contributed by atoms with Gasteiger partial charge in [0, 0.05) is 64.3 Å². The number of urea groups is 1. The molecule has 8 heteroatoms. The minimum Gasteiger partial charge on any atom is -0.340 e. The van der Waals surface area contributed by atoms with Gasteiger partial charge in [0.25, 0.3) is 0 Å². The molecule has 4 heterocycles. The van der Waals surface area contributed by atoms with Crippen LogP contribution in [0.5, 0.6) is 0 Å². The molecule has 1 atom stereocenters. The average molecular weight is 406 g/mol. The zero-order valence-corrected chi connectivity index (χ0v) is 17.6. The Morgan fingerprint density at radius 3 is 2.39 bits per heavy atom. The molecule has 3 saturated heterocycles. The van der Waals surface area contributed by atoms with Gasteiger partial charge in [-0.1, -0.05) is 0 Å². The van der Waals surface area contributed by atoms with E-state index in [4.69, 9.17) is 0 Å². The van der Waals surface area contributed by atoms with Gasteiger partial charge in [0.05, 0.1) is 16.6 Å². The first-order valence-electron chi connectivity index (χ1n) is 10.6. The molecule has 154 valence electrons. The number of carbonyl (C=O) groups is 2. The maximum absolute atomic E-state index is 13.1. The van der Waals surface area contributed by atoms with E-state index in [9.17, 15) is 9.59 Å². The van der Waals surface area contributed by atoms with E-state index in [-0.39, 0.29) is 17.9 Å². The zero-order chi connectivity index (χ0) is 19.5. The van der Waals surface area contributed by atoms with Crippen LogP contribution in [-0.4, -0.2) is 88.9 Å². The number of hydrogen-bond donors (Lipinski definition) is 0. The third-order valence-corrected chi connectivity index (χ3v) is 6.98. The standard InChI is InChI=1S/C20H31N5O2S/c1-16-21-18(15-28-16)14-22-9-11-23(12-10-22)19(26)17-5-4-8-25(13-17)20(27)24-6-2-3-7-24/h15,17H,2-14H2,1H3/t17-/m1/s1. The molecule has 0 aliphatic carbocycles. The van der Waals surface area contributed by atoms with Crippen molar-refractivity contribution in [3.63, 3.8) is 0 Å². The number of piperazine rings is 1. The minimum atomic E-state index is -0.0342. The minimum absolute atomic E-state index is 0.0342. The second kappa shape index (κ2) is 8.78. The topological polar surface area (TPSA) is 60.0 Å². The molecule has 0 bridgehead atoms. The highest BCUT2D eigenvalue weighted by atomic mass is 32.1. The van der Waals surface area contributed by atoms with Gasteiger partial charge in [-0.05, 0) is 32.6 Å². The van der Waals surface area contributed by atoms with E-state index >= 15 is 0 Å². The van der Waals surface area contributed by atoms with Gasteiger partial charge in [-0.25, -0.2) is 9.78 Å². The number of carbonyl (C=O) groups excluding carboxylic acids is 2. The largest absolute Gasteiger partial charge is 0.340 e. The van der Waals surface area contributed by atoms with Crippen LogP contribution in [0.25, 0.3) is 0 Å². The van der Waals surface area contributed by atoms with Crippen LogP contribution in [-0.2, 0) is 11.3 Å². The van der Waals surface area contributed by atoms with Gasteiger partial charge >= 0.3 is 6.03 Å². The molecule has 0 N–H and O–H groups in total. The number of thiazole rings is 1. The molecule has 0 saturated carbocycles. The number of aromatic nitrogens is 1. The number of hydrogen-bond acceptors (Lipinski definition) is 5. The maximum atomic E-state index is 13.1. The number of piperidine rings is 1. The monoisotopic (exact) mass is 405 g/mol. The Labute approximate surface area is 171 Å². The molecule has 0 radical (unpaired) electrons. The van der Waals surface area contributed by atoms with Crippen LogP contribution in [0.1, 0.15) is 36.4 Å². The highest BCUT2D eigenvalue weighted by molar-refractivity contribution is 7.09. The molecule has 7 nitrogen and oxygen atoms in total. The Bertz CT molecular complexity index is 695. The van der Waals surface area contributed by atoms with Crippen molar-refractivity contribution in [2.75, 3.05) is 52.4 Å². The predicted octanol–water partition coefficient (Wildman–Crippen LogP) is 2.02. The van der Waals surface area contributed by atoms with Crippen LogP contribution < -0.4 is 0 Å². The Morgan fingerprint density at radius 1 is 1.00 bits per heavy atom. The smallest absolute Gasteiger partial charge is 0.320 e. The van der Waals surface area contributed by atoms with E-state index in [1.807, 2.05) is 21.6 Å². The van der Waals surface area contributed by atoms with Crippen molar-refractivity contribution in [3.8, 4) is 0 Å². The molecule has 28 heavy (non-hydrogen) atoms. The highest BCUT2D eigenvalue weighted by Gasteiger charge is 2.34. The maximum Gasteiger partial charge on any atom is 0.320 e. The van der Waals surface area contributed by atoms with Crippen molar-refractivity contribution in [2.24, 2.45) is 5.92 Å². The van der Waals surface area contributed by atoms with Gasteiger partial charge < -0.3 is 14.7 Å². The highest BCUT2D eigenvalue weighted by Crippen LogP contribution is 2.22. The number of nitrogens with zero attached hydrogens (tertiary/aromatic N) is 5. The fourth-order valence-electron chi connectivity index (χ4n) is 4.56. The molecule has 0 unspecified atom stereocenters. The molecule has 0 spiro atoms. The normalized spacial score (nSPS) is 24.0. The van der Waals surface area contributed by atoms with Gasteiger partial charge in [0.2, 0.25) is 5.91 Å². The van der Waals surface area contributed by atoms with E-state index in [2.05, 4.69) is 15.3 Å². The molecule has 4 rings (SSSR count). The predicted molar refractivity (Wildman–Crippen MR) is 109 cm³/mol. The summed E-state index contributed by atoms with van der Waals surface area (Å²) < 4.78 is 0. The molecule has 3 aliphatic rings. The summed E-state index contributed by atoms with van der Waals surface area (Å²) >= 11 is 1.69. The van der Waals surface area contributed by atoms with Gasteiger partial charge in [0.1, 0.15) is 0 Å². The summed E-state index contributed by atoms with van der Waals surface area (Å²) in [5.41, 5.74) is 1.13. The molecular weight excluding hydrogens is 374 g/mol. The third kappa shape index (κ3) is 4.49. The lowest BCUT2D eigenvalue weighted by Crippen LogP contribution is -2.54. The summed E-state index contributed by atoms with van der Waals surface area (Å²) in [5.74, 6) is 0.205. The summed E-state index contributed by atoms with van der Waals surface area (Å²) in [6.45, 7) is 9.36. The second-order valence-corrected chi connectivity index (χ2v) is 9.28. The lowest BCUT2D eigenvalue weighted by Gasteiger charge is -2.39. The third-order valence-electron chi connectivity index (χ3n) is 6.15. The summed E-state index contributed by atoms with van der Waals surface area (Å²) in [4.78, 5) is 38.5. The summed E-state index contributed by atoms with van der Waals surface area (Å²) in [7, 11) is 0. The van der Waals surface area contributed by atoms with Crippen molar-refractivity contribution in [3.05, 3.63) is 16.1 Å². The molecule has 3 amide bonds. The summed E-state index contributed by atoms with van der Waals surface area (Å²) in [6.07, 6.45) is 4.04. The Balaban J connectivity index is 1.26. The van der Waals surface area contributed by atoms with Gasteiger partial charge in [-0.3, -0.25) is 9.69 Å². The van der Waals surface area contributed by atoms with Crippen molar-refractivity contribution >= 4 is 23.3 Å². The molecule has 1 aromatic rings. The van der Waals surface area contributed by atoms with E-state index in [1.165, 1.54) is 0 Å². The molecular formula is C20H31N5O2S. The summed E-state index contributed by atoms with van der Waals surface area (Å²) in [5, 5.41) is 3.23. The Kier molecular flexibility index (Phi) is 6.16. The van der Waals surface area contributed by atoms with Crippen LogP contribution in [0.4, 0.5) is 4.79 Å².